The van der Waals surface area contributed by atoms with Crippen LogP contribution >= 0.6 is 0 Å². The van der Waals surface area contributed by atoms with Gasteiger partial charge in [-0.3, -0.25) is 0 Å². The summed E-state index contributed by atoms with van der Waals surface area (Å²) in [5.74, 6) is -21.8. The van der Waals surface area contributed by atoms with Crippen molar-refractivity contribution < 1.29 is 87.3 Å². The van der Waals surface area contributed by atoms with E-state index in [2.05, 4.69) is 26.0 Å². The Hall–Kier alpha value is -10.4. The van der Waals surface area contributed by atoms with E-state index in [0.717, 1.165) is 53.8 Å². The largest absolute Gasteiger partial charge is 0.437 e. The van der Waals surface area contributed by atoms with Gasteiger partial charge in [-0.25, -0.2) is 28.7 Å². The average molecular weight is 1490 g/mol. The lowest BCUT2D eigenvalue weighted by Gasteiger charge is -2.39. The van der Waals surface area contributed by atoms with Crippen molar-refractivity contribution in [3.63, 3.8) is 0 Å². The molecule has 9 heterocycles. The Morgan fingerprint density at radius 2 is 0.835 bits per heavy atom. The Morgan fingerprint density at radius 3 is 1.31 bits per heavy atom. The molecule has 9 nitrogen and oxygen atoms in total. The predicted octanol–water partition coefficient (Wildman–Crippen LogP) is 25.0. The van der Waals surface area contributed by atoms with Gasteiger partial charge >= 0.3 is 0 Å². The number of fused-ring (bicyclic) bond motifs is 19. The van der Waals surface area contributed by atoms with Crippen molar-refractivity contribution in [2.45, 2.75) is 177 Å². The molecule has 9 heteroatoms. The third-order valence-electron chi connectivity index (χ3n) is 21.8. The van der Waals surface area contributed by atoms with Crippen molar-refractivity contribution in [1.82, 2.24) is 15.0 Å². The second-order valence-corrected chi connectivity index (χ2v) is 29.0. The van der Waals surface area contributed by atoms with E-state index in [4.69, 9.17) is 80.3 Å². The van der Waals surface area contributed by atoms with Gasteiger partial charge in [0.15, 0.2) is 35.3 Å². The Labute approximate surface area is 706 Å². The molecule has 0 N–H and O–H groups in total. The Kier molecular flexibility index (Phi) is 9.38. The van der Waals surface area contributed by atoms with E-state index in [1.165, 1.54) is 103 Å². The number of aryl methyl sites for hydroxylation is 6. The van der Waals surface area contributed by atoms with Gasteiger partial charge in [-0.15, -0.1) is 0 Å². The summed E-state index contributed by atoms with van der Waals surface area (Å²) in [6.45, 7) is -24.6. The average Bonchev–Trinajstić information content (AvgIpc) is 1.51. The first-order chi connectivity index (χ1) is 69.5. The summed E-state index contributed by atoms with van der Waals surface area (Å²) in [6, 6.07) is 41.9. The number of hydrogen-bond donors (Lipinski definition) is 0. The lowest BCUT2D eigenvalue weighted by atomic mass is 9.64. The zero-order chi connectivity index (χ0) is 114. The van der Waals surface area contributed by atoms with Crippen LogP contribution in [0.25, 0.3) is 133 Å². The second kappa shape index (κ2) is 27.0. The summed E-state index contributed by atoms with van der Waals surface area (Å²) in [7, 11) is 5.03. The zero-order valence-corrected chi connectivity index (χ0v) is 61.7. The van der Waals surface area contributed by atoms with Gasteiger partial charge < -0.3 is 13.3 Å². The summed E-state index contributed by atoms with van der Waals surface area (Å²) >= 11 is 0. The van der Waals surface area contributed by atoms with Crippen LogP contribution in [0, 0.1) is 44.3 Å². The first-order valence-corrected chi connectivity index (χ1v) is 35.4. The molecule has 4 atom stereocenters. The third kappa shape index (κ3) is 11.4. The summed E-state index contributed by atoms with van der Waals surface area (Å²) in [6.07, 6.45) is -0.753. The smallest absolute Gasteiger partial charge is 0.227 e. The number of benzene rings is 6. The van der Waals surface area contributed by atoms with Crippen molar-refractivity contribution in [1.29, 1.82) is 0 Å². The van der Waals surface area contributed by atoms with Gasteiger partial charge in [0.25, 0.3) is 0 Å². The van der Waals surface area contributed by atoms with Crippen LogP contribution in [0.5, 0.6) is 0 Å². The molecule has 4 unspecified atom stereocenters. The van der Waals surface area contributed by atoms with Crippen molar-refractivity contribution in [2.75, 3.05) is 0 Å². The first-order valence-electron chi connectivity index (χ1n) is 57.4. The van der Waals surface area contributed by atoms with E-state index in [1.54, 1.807) is 91.3 Å². The number of aromatic nitrogens is 6. The lowest BCUT2D eigenvalue weighted by molar-refractivity contribution is -0.660. The minimum absolute atomic E-state index is 0.0743. The van der Waals surface area contributed by atoms with Gasteiger partial charge in [0.2, 0.25) is 34.2 Å². The van der Waals surface area contributed by atoms with Crippen molar-refractivity contribution in [2.24, 2.45) is 44.7 Å². The van der Waals surface area contributed by atoms with E-state index < -0.39 is 152 Å². The predicted molar refractivity (Wildman–Crippen MR) is 449 cm³/mol. The molecule has 0 bridgehead atoms. The van der Waals surface area contributed by atoms with Crippen LogP contribution in [0.1, 0.15) is 268 Å². The van der Waals surface area contributed by atoms with Crippen LogP contribution < -0.4 is 13.7 Å². The topological polar surface area (TPSA) is 89.7 Å². The maximum absolute atomic E-state index is 9.65. The molecule has 9 aromatic heterocycles. The van der Waals surface area contributed by atoms with Gasteiger partial charge in [0.05, 0.1) is 33.5 Å². The fourth-order valence-electron chi connectivity index (χ4n) is 16.7. The summed E-state index contributed by atoms with van der Waals surface area (Å²) < 4.78 is 397. The fraction of sp³-hybridized carbons (Fsp3) is 0.340. The summed E-state index contributed by atoms with van der Waals surface area (Å²) in [5.41, 5.74) is 2.07. The van der Waals surface area contributed by atoms with E-state index >= 15 is 0 Å². The number of hydrogen-bond acceptors (Lipinski definition) is 6. The minimum atomic E-state index is -3.70. The number of nitrogens with zero attached hydrogens (tertiary/aromatic N) is 6. The van der Waals surface area contributed by atoms with Gasteiger partial charge in [0, 0.05) is 163 Å². The highest BCUT2D eigenvalue weighted by Crippen LogP contribution is 2.59. The van der Waals surface area contributed by atoms with Gasteiger partial charge in [-0.1, -0.05) is 219 Å². The summed E-state index contributed by atoms with van der Waals surface area (Å²) in [4.78, 5) is 14.1. The molecule has 3 aliphatic carbocycles. The van der Waals surface area contributed by atoms with Crippen LogP contribution in [0.2, 0.25) is 0 Å². The van der Waals surface area contributed by atoms with E-state index in [-0.39, 0.29) is 89.5 Å². The SMILES string of the molecule is [2H]C([2H])([2H])C([2H])(C)C([2H])([2H])C1(C([2H])([2H])C([2H])(C)C([2H])([2H])[2H])c2ccccc2-c2cc3c(nc21)oc1c(-c2cc(C([2H])(C([2H])([2H])[2H])C([2H])([2H])[2H])cc[n+]2C)c(C)ccc13.[2H]C([2H])([2H])C([2H])(C)C1(C([2H])(C([2H])([2H])[2H])C([2H])([2H])[2H])c2ccccc2-c2cc3c(nc21)oc1c(-c2cc(C([2H])(C([2H])([2H])[2H])C([2H])([2H])[2H])cc[n+]2C)c(C)ccc13.[2H]C([2H])([2H])C([2H])(c1cc[n+](C)c(-c2c(C)ccc3c2oc2ncc4c(c23)C(C)(C)c2ccccc2-4)c1)C([2H])([2H])[2H]. The molecule has 552 valence electrons. The third-order valence-corrected chi connectivity index (χ3v) is 21.8. The molecule has 0 amide bonds. The maximum Gasteiger partial charge on any atom is 0.227 e. The molecule has 0 radical (unpaired) electrons. The van der Waals surface area contributed by atoms with E-state index in [9.17, 15) is 8.22 Å². The molecule has 0 aliphatic heterocycles. The minimum Gasteiger partial charge on any atom is -0.437 e. The second-order valence-electron chi connectivity index (χ2n) is 29.0. The standard InChI is InChI=1S/C36H41N2O.C34H37N2O.C30H29N2O/c1-21(2)19-36(20-22(3)4)30-12-10-9-11-26(30)28-18-29-27-14-13-24(7)32(33(27)39-35(29)37-34(28)36)31-17-25(23(5)6)15-16-38(31)8;1-19(2)23-15-16-36(8)29(17-23)30-22(7)13-14-25-27-18-26-24-11-9-10-12-28(24)34(20(3)4,21(5)6)32(26)35-33(27)37-31(25)30;1-17(2)19-13-14-32(6)24(15-19)25-18(3)11-12-21-26-27-22(16-31-29(26)33-28(21)25)20-9-7-8-10-23(20)30(27,4)5/h9-18,21-23H,19-20H2,1-8H3;9-21H,1-8H3;7-17H,1-6H3/q3*+1/i1D3,3D3,5D3,6D3,19D2,20D2,21D,22D,23D;1D3,2D3,3D3,4D3,5D3,19D,20D,21D;1D3,2D3,17D. The molecule has 0 spiro atoms. The van der Waals surface area contributed by atoms with Crippen LogP contribution in [-0.2, 0) is 37.4 Å². The molecular formula is C100H107N6O3+3. The molecule has 15 aromatic rings. The van der Waals surface area contributed by atoms with Crippen molar-refractivity contribution in [3.05, 3.63) is 250 Å². The Balaban J connectivity index is 0.000000165. The molecule has 6 aromatic carbocycles. The number of pyridine rings is 6. The molecule has 0 fully saturated rings. The van der Waals surface area contributed by atoms with Crippen LogP contribution in [0.4, 0.5) is 0 Å². The molecular weight excluding hydrogens is 1330 g/mol. The highest BCUT2D eigenvalue weighted by atomic mass is 16.3. The first kappa shape index (κ1) is 37.8. The summed E-state index contributed by atoms with van der Waals surface area (Å²) in [5, 5.41) is 3.24. The zero-order valence-electron chi connectivity index (χ0n) is 106. The van der Waals surface area contributed by atoms with Crippen LogP contribution in [0.3, 0.4) is 0 Å². The highest BCUT2D eigenvalue weighted by Gasteiger charge is 2.50. The lowest BCUT2D eigenvalue weighted by Crippen LogP contribution is -2.38. The maximum atomic E-state index is 9.65. The van der Waals surface area contributed by atoms with E-state index in [0.29, 0.717) is 66.4 Å². The molecule has 18 rings (SSSR count). The quantitative estimate of drug-likeness (QED) is 0.113. The van der Waals surface area contributed by atoms with Crippen molar-refractivity contribution >= 4 is 66.2 Å². The fourth-order valence-corrected chi connectivity index (χ4v) is 16.7. The molecule has 109 heavy (non-hydrogen) atoms. The number of rotatable bonds is 12. The highest BCUT2D eigenvalue weighted by molar-refractivity contribution is 6.14. The molecule has 3 aliphatic rings. The van der Waals surface area contributed by atoms with Gasteiger partial charge in [-0.05, 0) is 159 Å². The monoisotopic (exact) mass is 1480 g/mol. The molecule has 0 saturated heterocycles. The Bertz CT molecular complexity index is 8080. The van der Waals surface area contributed by atoms with Crippen LogP contribution in [-0.4, -0.2) is 15.0 Å². The molecule has 0 saturated carbocycles. The normalized spacial score (nSPS) is 25.5. The van der Waals surface area contributed by atoms with Crippen molar-refractivity contribution in [3.8, 4) is 67.2 Å². The van der Waals surface area contributed by atoms with Crippen LogP contribution in [0.15, 0.2) is 196 Å². The number of furan rings is 3. The van der Waals surface area contributed by atoms with Gasteiger partial charge in [-0.2, -0.15) is 0 Å². The van der Waals surface area contributed by atoms with Gasteiger partial charge in [0.1, 0.15) is 21.1 Å². The Morgan fingerprint density at radius 1 is 0.422 bits per heavy atom. The van der Waals surface area contributed by atoms with E-state index in [1.807, 2.05) is 37.4 Å².